The molecule has 0 aliphatic carbocycles. The first-order chi connectivity index (χ1) is 16.1. The summed E-state index contributed by atoms with van der Waals surface area (Å²) in [4.78, 5) is 60.8. The molecule has 34 heavy (non-hydrogen) atoms. The monoisotopic (exact) mass is 477 g/mol. The predicted octanol–water partition coefficient (Wildman–Crippen LogP) is -1.49. The minimum absolute atomic E-state index is 0.00907. The molecule has 1 aliphatic rings. The smallest absolute Gasteiger partial charge is 0.325 e. The van der Waals surface area contributed by atoms with Crippen molar-refractivity contribution in [2.24, 2.45) is 5.73 Å². The fourth-order valence-corrected chi connectivity index (χ4v) is 3.46. The normalized spacial score (nSPS) is 17.7. The number of phenolic OH excluding ortho intramolecular Hbond substituents is 1. The van der Waals surface area contributed by atoms with E-state index in [4.69, 9.17) is 10.8 Å². The zero-order valence-electron chi connectivity index (χ0n) is 18.9. The first-order valence-electron chi connectivity index (χ1n) is 11.0. The summed E-state index contributed by atoms with van der Waals surface area (Å²) in [5, 5.41) is 29.1. The lowest BCUT2D eigenvalue weighted by Crippen LogP contribution is -2.57. The molecular formula is C22H31N5O7. The van der Waals surface area contributed by atoms with Crippen molar-refractivity contribution < 1.29 is 34.2 Å². The van der Waals surface area contributed by atoms with Gasteiger partial charge in [-0.1, -0.05) is 12.1 Å². The molecule has 2 rings (SSSR count). The summed E-state index contributed by atoms with van der Waals surface area (Å²) in [7, 11) is 0. The molecule has 0 bridgehead atoms. The molecular weight excluding hydrogens is 446 g/mol. The maximum atomic E-state index is 13.1. The second-order valence-corrected chi connectivity index (χ2v) is 8.22. The van der Waals surface area contributed by atoms with Crippen molar-refractivity contribution in [3.63, 3.8) is 0 Å². The van der Waals surface area contributed by atoms with Crippen molar-refractivity contribution in [3.05, 3.63) is 29.8 Å². The van der Waals surface area contributed by atoms with Gasteiger partial charge in [-0.3, -0.25) is 24.0 Å². The fraction of sp³-hybridized carbons (Fsp3) is 0.500. The molecule has 12 heteroatoms. The lowest BCUT2D eigenvalue weighted by atomic mass is 10.0. The van der Waals surface area contributed by atoms with Gasteiger partial charge in [0.05, 0.1) is 6.04 Å². The first kappa shape index (κ1) is 26.6. The van der Waals surface area contributed by atoms with Crippen LogP contribution >= 0.6 is 0 Å². The average molecular weight is 478 g/mol. The molecule has 0 spiro atoms. The van der Waals surface area contributed by atoms with Crippen molar-refractivity contribution in [1.29, 1.82) is 0 Å². The number of benzene rings is 1. The van der Waals surface area contributed by atoms with Gasteiger partial charge >= 0.3 is 5.97 Å². The SMILES string of the molecule is CC(NC(=O)C(Cc1ccc(O)cc1)NC(=O)C(CCC(N)=O)NC(=O)C1CCCN1)C(=O)O. The molecule has 1 heterocycles. The standard InChI is InChI=1S/C22H31N5O7/c1-12(22(33)34)25-21(32)17(11-13-4-6-14(28)7-5-13)27-20(31)16(8-9-18(23)29)26-19(30)15-3-2-10-24-15/h4-7,12,15-17,24,28H,2-3,8-11H2,1H3,(H2,23,29)(H,25,32)(H,26,30)(H,27,31)(H,33,34). The lowest BCUT2D eigenvalue weighted by Gasteiger charge is -2.24. The number of carbonyl (C=O) groups excluding carboxylic acids is 4. The topological polar surface area (TPSA) is 200 Å². The molecule has 1 fully saturated rings. The molecule has 1 aliphatic heterocycles. The molecule has 4 unspecified atom stereocenters. The van der Waals surface area contributed by atoms with Gasteiger partial charge in [0.1, 0.15) is 23.9 Å². The van der Waals surface area contributed by atoms with E-state index in [0.29, 0.717) is 18.5 Å². The molecule has 4 atom stereocenters. The van der Waals surface area contributed by atoms with Crippen LogP contribution in [0.3, 0.4) is 0 Å². The van der Waals surface area contributed by atoms with E-state index >= 15 is 0 Å². The number of aromatic hydroxyl groups is 1. The van der Waals surface area contributed by atoms with Gasteiger partial charge in [0.25, 0.3) is 0 Å². The van der Waals surface area contributed by atoms with Gasteiger partial charge in [0.15, 0.2) is 0 Å². The van der Waals surface area contributed by atoms with Crippen LogP contribution in [0.1, 0.15) is 38.2 Å². The van der Waals surface area contributed by atoms with Crippen molar-refractivity contribution in [2.45, 2.75) is 63.2 Å². The predicted molar refractivity (Wildman–Crippen MR) is 120 cm³/mol. The minimum Gasteiger partial charge on any atom is -0.508 e. The number of primary amides is 1. The average Bonchev–Trinajstić information content (AvgIpc) is 3.32. The number of hydrogen-bond acceptors (Lipinski definition) is 7. The largest absolute Gasteiger partial charge is 0.508 e. The highest BCUT2D eigenvalue weighted by molar-refractivity contribution is 5.94. The van der Waals surface area contributed by atoms with Crippen molar-refractivity contribution in [2.75, 3.05) is 6.54 Å². The zero-order valence-corrected chi connectivity index (χ0v) is 18.9. The number of carboxylic acids is 1. The third-order valence-electron chi connectivity index (χ3n) is 5.43. The highest BCUT2D eigenvalue weighted by atomic mass is 16.4. The first-order valence-corrected chi connectivity index (χ1v) is 11.0. The van der Waals surface area contributed by atoms with Crippen LogP contribution in [0.2, 0.25) is 0 Å². The zero-order chi connectivity index (χ0) is 25.3. The third-order valence-corrected chi connectivity index (χ3v) is 5.43. The molecule has 186 valence electrons. The lowest BCUT2D eigenvalue weighted by molar-refractivity contribution is -0.141. The molecule has 0 radical (unpaired) electrons. The van der Waals surface area contributed by atoms with Crippen molar-refractivity contribution in [1.82, 2.24) is 21.3 Å². The third kappa shape index (κ3) is 8.35. The van der Waals surface area contributed by atoms with Crippen LogP contribution in [0.25, 0.3) is 0 Å². The van der Waals surface area contributed by atoms with E-state index < -0.39 is 53.8 Å². The summed E-state index contributed by atoms with van der Waals surface area (Å²) in [5.74, 6) is -3.74. The maximum absolute atomic E-state index is 13.1. The Morgan fingerprint density at radius 2 is 1.71 bits per heavy atom. The van der Waals surface area contributed by atoms with Crippen LogP contribution in [0, 0.1) is 0 Å². The highest BCUT2D eigenvalue weighted by Crippen LogP contribution is 2.12. The number of nitrogens with two attached hydrogens (primary N) is 1. The number of aliphatic carboxylic acids is 1. The van der Waals surface area contributed by atoms with Crippen LogP contribution in [0.15, 0.2) is 24.3 Å². The van der Waals surface area contributed by atoms with E-state index in [1.165, 1.54) is 19.1 Å². The number of hydrogen-bond donors (Lipinski definition) is 7. The van der Waals surface area contributed by atoms with E-state index in [-0.39, 0.29) is 25.0 Å². The van der Waals surface area contributed by atoms with Crippen LogP contribution in [-0.4, -0.2) is 70.5 Å². The Labute approximate surface area is 196 Å². The van der Waals surface area contributed by atoms with Gasteiger partial charge in [-0.2, -0.15) is 0 Å². The number of nitrogens with one attached hydrogen (secondary N) is 4. The summed E-state index contributed by atoms with van der Waals surface area (Å²) in [6.45, 7) is 1.96. The molecule has 0 saturated carbocycles. The van der Waals surface area contributed by atoms with Gasteiger partial charge in [-0.15, -0.1) is 0 Å². The van der Waals surface area contributed by atoms with Gasteiger partial charge < -0.3 is 37.2 Å². The summed E-state index contributed by atoms with van der Waals surface area (Å²) in [6.07, 6.45) is 1.17. The second-order valence-electron chi connectivity index (χ2n) is 8.22. The summed E-state index contributed by atoms with van der Waals surface area (Å²) in [6, 6.07) is 1.96. The van der Waals surface area contributed by atoms with Crippen LogP contribution in [0.5, 0.6) is 5.75 Å². The van der Waals surface area contributed by atoms with Gasteiger partial charge in [-0.25, -0.2) is 0 Å². The highest BCUT2D eigenvalue weighted by Gasteiger charge is 2.31. The van der Waals surface area contributed by atoms with E-state index in [1.807, 2.05) is 0 Å². The van der Waals surface area contributed by atoms with Crippen molar-refractivity contribution in [3.8, 4) is 5.75 Å². The Balaban J connectivity index is 2.18. The van der Waals surface area contributed by atoms with Crippen LogP contribution < -0.4 is 27.0 Å². The van der Waals surface area contributed by atoms with Crippen LogP contribution in [-0.2, 0) is 30.4 Å². The van der Waals surface area contributed by atoms with E-state index in [2.05, 4.69) is 21.3 Å². The molecule has 12 nitrogen and oxygen atoms in total. The second kappa shape index (κ2) is 12.5. The molecule has 0 aromatic heterocycles. The number of rotatable bonds is 12. The van der Waals surface area contributed by atoms with Gasteiger partial charge in [0.2, 0.25) is 23.6 Å². The Hall–Kier alpha value is -3.67. The fourth-order valence-electron chi connectivity index (χ4n) is 3.46. The minimum atomic E-state index is -1.25. The summed E-state index contributed by atoms with van der Waals surface area (Å²) in [5.41, 5.74) is 5.80. The molecule has 1 aromatic rings. The Bertz CT molecular complexity index is 899. The van der Waals surface area contributed by atoms with E-state index in [1.54, 1.807) is 12.1 Å². The van der Waals surface area contributed by atoms with Gasteiger partial charge in [0, 0.05) is 12.8 Å². The van der Waals surface area contributed by atoms with E-state index in [9.17, 15) is 29.1 Å². The Kier molecular flexibility index (Phi) is 9.80. The quantitative estimate of drug-likeness (QED) is 0.189. The van der Waals surface area contributed by atoms with Crippen molar-refractivity contribution >= 4 is 29.6 Å². The number of carboxylic acid groups (broad SMARTS) is 1. The number of carbonyl (C=O) groups is 5. The maximum Gasteiger partial charge on any atom is 0.325 e. The number of phenols is 1. The molecule has 1 saturated heterocycles. The van der Waals surface area contributed by atoms with Gasteiger partial charge in [-0.05, 0) is 50.4 Å². The molecule has 8 N–H and O–H groups in total. The summed E-state index contributed by atoms with van der Waals surface area (Å²) < 4.78 is 0. The Morgan fingerprint density at radius 1 is 1.06 bits per heavy atom. The summed E-state index contributed by atoms with van der Waals surface area (Å²) >= 11 is 0. The van der Waals surface area contributed by atoms with Crippen LogP contribution in [0.4, 0.5) is 0 Å². The molecule has 1 aromatic carbocycles. The van der Waals surface area contributed by atoms with E-state index in [0.717, 1.165) is 6.42 Å². The number of amides is 4. The molecule has 4 amide bonds. The Morgan fingerprint density at radius 3 is 2.26 bits per heavy atom.